The number of carbonyl (C=O) groups excluding carboxylic acids is 1. The van der Waals surface area contributed by atoms with E-state index in [4.69, 9.17) is 27.6 Å². The van der Waals surface area contributed by atoms with Gasteiger partial charge in [0.05, 0.1) is 23.2 Å². The molecule has 0 radical (unpaired) electrons. The summed E-state index contributed by atoms with van der Waals surface area (Å²) in [6.07, 6.45) is 1.46. The van der Waals surface area contributed by atoms with Gasteiger partial charge in [-0.15, -0.1) is 0 Å². The molecule has 1 N–H and O–H groups in total. The molecule has 6 nitrogen and oxygen atoms in total. The van der Waals surface area contributed by atoms with Crippen molar-refractivity contribution >= 4 is 46.3 Å². The van der Waals surface area contributed by atoms with Crippen molar-refractivity contribution in [3.8, 4) is 5.69 Å². The maximum absolute atomic E-state index is 12.5. The summed E-state index contributed by atoms with van der Waals surface area (Å²) in [7, 11) is 0. The Morgan fingerprint density at radius 1 is 1.17 bits per heavy atom. The number of halogens is 2. The average molecular weight is 427 g/mol. The normalized spacial score (nSPS) is 11.4. The fraction of sp³-hybridized carbons (Fsp3) is 0.0952. The highest BCUT2D eigenvalue weighted by Crippen LogP contribution is 2.25. The first-order valence-corrected chi connectivity index (χ1v) is 9.54. The molecule has 0 bridgehead atoms. The van der Waals surface area contributed by atoms with Gasteiger partial charge in [0.1, 0.15) is 10.7 Å². The Morgan fingerprint density at radius 3 is 2.72 bits per heavy atom. The summed E-state index contributed by atoms with van der Waals surface area (Å²) in [5.74, 6) is -0.216. The van der Waals surface area contributed by atoms with Crippen LogP contribution in [-0.4, -0.2) is 21.9 Å². The molecule has 0 aliphatic heterocycles. The minimum atomic E-state index is -0.439. The number of rotatable bonds is 4. The molecular formula is C21H16Cl2N4O2. The molecule has 29 heavy (non-hydrogen) atoms. The van der Waals surface area contributed by atoms with Crippen molar-refractivity contribution in [2.75, 3.05) is 0 Å². The summed E-state index contributed by atoms with van der Waals surface area (Å²) < 4.78 is 7.21. The van der Waals surface area contributed by atoms with Crippen molar-refractivity contribution in [1.82, 2.24) is 15.2 Å². The fourth-order valence-corrected chi connectivity index (χ4v) is 3.54. The summed E-state index contributed by atoms with van der Waals surface area (Å²) in [6.45, 7) is 3.64. The van der Waals surface area contributed by atoms with Crippen LogP contribution >= 0.6 is 23.2 Å². The Morgan fingerprint density at radius 2 is 1.97 bits per heavy atom. The van der Waals surface area contributed by atoms with E-state index in [2.05, 4.69) is 15.6 Å². The summed E-state index contributed by atoms with van der Waals surface area (Å²) in [4.78, 5) is 12.5. The number of hydrazone groups is 1. The number of hydrogen-bond acceptors (Lipinski definition) is 4. The van der Waals surface area contributed by atoms with Gasteiger partial charge in [0.25, 0.3) is 0 Å². The third kappa shape index (κ3) is 3.64. The standard InChI is InChI=1S/C21H16Cl2N4O2/c1-12-16-8-3-4-9-18(16)29-19(12)21(28)25-24-11-17-13(2)26-27(20(17)23)15-7-5-6-14(22)10-15/h3-11H,1-2H3,(H,25,28)/b24-11-. The van der Waals surface area contributed by atoms with Gasteiger partial charge in [-0.25, -0.2) is 10.1 Å². The molecule has 4 aromatic rings. The van der Waals surface area contributed by atoms with Crippen LogP contribution in [0.15, 0.2) is 58.0 Å². The highest BCUT2D eigenvalue weighted by Gasteiger charge is 2.17. The largest absolute Gasteiger partial charge is 0.451 e. The van der Waals surface area contributed by atoms with Gasteiger partial charge in [-0.05, 0) is 38.1 Å². The highest BCUT2D eigenvalue weighted by molar-refractivity contribution is 6.32. The van der Waals surface area contributed by atoms with Crippen molar-refractivity contribution in [3.63, 3.8) is 0 Å². The summed E-state index contributed by atoms with van der Waals surface area (Å²) in [5.41, 5.74) is 5.88. The van der Waals surface area contributed by atoms with Crippen LogP contribution in [0.4, 0.5) is 0 Å². The number of para-hydroxylation sites is 1. The number of aryl methyl sites for hydroxylation is 2. The maximum atomic E-state index is 12.5. The van der Waals surface area contributed by atoms with Crippen LogP contribution in [0.25, 0.3) is 16.7 Å². The van der Waals surface area contributed by atoms with E-state index >= 15 is 0 Å². The van der Waals surface area contributed by atoms with Gasteiger partial charge < -0.3 is 4.42 Å². The molecule has 4 rings (SSSR count). The van der Waals surface area contributed by atoms with Crippen LogP contribution in [0.5, 0.6) is 0 Å². The highest BCUT2D eigenvalue weighted by atomic mass is 35.5. The number of fused-ring (bicyclic) bond motifs is 1. The van der Waals surface area contributed by atoms with E-state index < -0.39 is 5.91 Å². The predicted molar refractivity (Wildman–Crippen MR) is 114 cm³/mol. The second-order valence-corrected chi connectivity index (χ2v) is 7.23. The van der Waals surface area contributed by atoms with Crippen LogP contribution in [-0.2, 0) is 0 Å². The van der Waals surface area contributed by atoms with Crippen LogP contribution < -0.4 is 5.43 Å². The Labute approximate surface area is 176 Å². The van der Waals surface area contributed by atoms with Crippen LogP contribution in [0.1, 0.15) is 27.4 Å². The zero-order chi connectivity index (χ0) is 20.5. The molecule has 0 spiro atoms. The number of furan rings is 1. The van der Waals surface area contributed by atoms with E-state index in [1.807, 2.05) is 43.3 Å². The van der Waals surface area contributed by atoms with E-state index in [-0.39, 0.29) is 5.76 Å². The summed E-state index contributed by atoms with van der Waals surface area (Å²) >= 11 is 12.5. The summed E-state index contributed by atoms with van der Waals surface area (Å²) in [5, 5.41) is 10.3. The lowest BCUT2D eigenvalue weighted by molar-refractivity contribution is 0.0929. The quantitative estimate of drug-likeness (QED) is 0.355. The second-order valence-electron chi connectivity index (χ2n) is 6.43. The van der Waals surface area contributed by atoms with E-state index in [9.17, 15) is 4.79 Å². The molecule has 2 aromatic heterocycles. The van der Waals surface area contributed by atoms with Gasteiger partial charge in [-0.1, -0.05) is 47.5 Å². The predicted octanol–water partition coefficient (Wildman–Crippen LogP) is 5.31. The van der Waals surface area contributed by atoms with Crippen molar-refractivity contribution < 1.29 is 9.21 Å². The van der Waals surface area contributed by atoms with Crippen molar-refractivity contribution in [1.29, 1.82) is 0 Å². The van der Waals surface area contributed by atoms with Crippen molar-refractivity contribution in [2.24, 2.45) is 5.10 Å². The van der Waals surface area contributed by atoms with Crippen LogP contribution in [0.3, 0.4) is 0 Å². The van der Waals surface area contributed by atoms with Gasteiger partial charge in [-0.2, -0.15) is 10.2 Å². The molecule has 1 amide bonds. The molecular weight excluding hydrogens is 411 g/mol. The van der Waals surface area contributed by atoms with Crippen LogP contribution in [0.2, 0.25) is 10.2 Å². The lowest BCUT2D eigenvalue weighted by Gasteiger charge is -2.03. The van der Waals surface area contributed by atoms with Gasteiger partial charge in [0.2, 0.25) is 0 Å². The third-order valence-corrected chi connectivity index (χ3v) is 5.11. The number of carbonyl (C=O) groups is 1. The fourth-order valence-electron chi connectivity index (χ4n) is 3.03. The number of amides is 1. The molecule has 0 aliphatic rings. The molecule has 2 heterocycles. The Hall–Kier alpha value is -3.09. The molecule has 0 saturated heterocycles. The topological polar surface area (TPSA) is 72.4 Å². The zero-order valence-corrected chi connectivity index (χ0v) is 17.1. The average Bonchev–Trinajstić information content (AvgIpc) is 3.19. The van der Waals surface area contributed by atoms with Crippen molar-refractivity contribution in [2.45, 2.75) is 13.8 Å². The molecule has 0 saturated carbocycles. The van der Waals surface area contributed by atoms with Gasteiger partial charge in [0, 0.05) is 16.0 Å². The molecule has 146 valence electrons. The van der Waals surface area contributed by atoms with E-state index in [0.717, 1.165) is 16.6 Å². The lowest BCUT2D eigenvalue weighted by Crippen LogP contribution is -2.17. The summed E-state index contributed by atoms with van der Waals surface area (Å²) in [6, 6.07) is 14.7. The second kappa shape index (κ2) is 7.73. The van der Waals surface area contributed by atoms with E-state index in [1.54, 1.807) is 23.7 Å². The Kier molecular flexibility index (Phi) is 5.13. The number of aromatic nitrogens is 2. The van der Waals surface area contributed by atoms with E-state index in [0.29, 0.717) is 27.0 Å². The molecule has 2 aromatic carbocycles. The minimum Gasteiger partial charge on any atom is -0.451 e. The first-order chi connectivity index (χ1) is 14.0. The first kappa shape index (κ1) is 19.2. The molecule has 0 unspecified atom stereocenters. The third-order valence-electron chi connectivity index (χ3n) is 4.51. The van der Waals surface area contributed by atoms with Crippen LogP contribution in [0, 0.1) is 13.8 Å². The van der Waals surface area contributed by atoms with Gasteiger partial charge in [-0.3, -0.25) is 4.79 Å². The zero-order valence-electron chi connectivity index (χ0n) is 15.6. The molecule has 8 heteroatoms. The Bertz CT molecular complexity index is 1260. The monoisotopic (exact) mass is 426 g/mol. The van der Waals surface area contributed by atoms with E-state index in [1.165, 1.54) is 6.21 Å². The van der Waals surface area contributed by atoms with Crippen molar-refractivity contribution in [3.05, 3.63) is 81.3 Å². The molecule has 0 fully saturated rings. The Balaban J connectivity index is 1.56. The number of benzene rings is 2. The smallest absolute Gasteiger partial charge is 0.307 e. The van der Waals surface area contributed by atoms with Gasteiger partial charge in [0.15, 0.2) is 5.76 Å². The molecule has 0 aliphatic carbocycles. The lowest BCUT2D eigenvalue weighted by atomic mass is 10.1. The SMILES string of the molecule is Cc1nn(-c2cccc(Cl)c2)c(Cl)c1/C=N\NC(=O)c1oc2ccccc2c1C. The number of hydrogen-bond donors (Lipinski definition) is 1. The van der Waals surface area contributed by atoms with Gasteiger partial charge >= 0.3 is 5.91 Å². The number of nitrogens with zero attached hydrogens (tertiary/aromatic N) is 3. The minimum absolute atomic E-state index is 0.223. The number of nitrogens with one attached hydrogen (secondary N) is 1. The maximum Gasteiger partial charge on any atom is 0.307 e. The molecule has 0 atom stereocenters. The first-order valence-electron chi connectivity index (χ1n) is 8.78.